The number of furan rings is 1. The van der Waals surface area contributed by atoms with Gasteiger partial charge in [0, 0.05) is 50.7 Å². The number of fused-ring (bicyclic) bond motifs is 1. The first kappa shape index (κ1) is 20.8. The van der Waals surface area contributed by atoms with Crippen LogP contribution in [0.3, 0.4) is 0 Å². The smallest absolute Gasteiger partial charge is 0.289 e. The van der Waals surface area contributed by atoms with Crippen molar-refractivity contribution in [1.82, 2.24) is 19.6 Å². The summed E-state index contributed by atoms with van der Waals surface area (Å²) in [6, 6.07) is 7.51. The molecular weight excluding hydrogens is 404 g/mol. The average molecular weight is 431 g/mol. The van der Waals surface area contributed by atoms with E-state index in [1.54, 1.807) is 4.68 Å². The van der Waals surface area contributed by atoms with Crippen molar-refractivity contribution in [2.24, 2.45) is 7.05 Å². The van der Waals surface area contributed by atoms with Gasteiger partial charge in [0.2, 0.25) is 0 Å². The van der Waals surface area contributed by atoms with Crippen molar-refractivity contribution in [1.29, 1.82) is 0 Å². The number of amides is 1. The van der Waals surface area contributed by atoms with Gasteiger partial charge in [-0.25, -0.2) is 0 Å². The number of para-hydroxylation sites is 1. The van der Waals surface area contributed by atoms with E-state index in [2.05, 4.69) is 10.00 Å². The van der Waals surface area contributed by atoms with E-state index in [1.165, 1.54) is 0 Å². The molecule has 1 aliphatic rings. The Morgan fingerprint density at radius 3 is 2.83 bits per heavy atom. The summed E-state index contributed by atoms with van der Waals surface area (Å²) >= 11 is 6.39. The largest absolute Gasteiger partial charge is 0.490 e. The minimum absolute atomic E-state index is 0.0777. The van der Waals surface area contributed by atoms with E-state index < -0.39 is 0 Å². The van der Waals surface area contributed by atoms with Gasteiger partial charge in [-0.05, 0) is 32.4 Å². The van der Waals surface area contributed by atoms with Crippen molar-refractivity contribution in [3.8, 4) is 5.75 Å². The Labute approximate surface area is 181 Å². The Hall–Kier alpha value is -2.51. The number of nitrogens with zero attached hydrogens (tertiary/aromatic N) is 4. The summed E-state index contributed by atoms with van der Waals surface area (Å²) in [6.07, 6.45) is 0.896. The van der Waals surface area contributed by atoms with Gasteiger partial charge in [-0.3, -0.25) is 14.4 Å². The number of aromatic nitrogens is 2. The molecule has 0 aliphatic carbocycles. The number of hydrogen-bond acceptors (Lipinski definition) is 5. The summed E-state index contributed by atoms with van der Waals surface area (Å²) in [6.45, 7) is 8.22. The van der Waals surface area contributed by atoms with E-state index >= 15 is 0 Å². The SMILES string of the molecule is CCOc1cccc2cc(C(=O)N3CCCN(Cc4c(C)nn(C)c4Cl)CC3)oc12. The minimum Gasteiger partial charge on any atom is -0.490 e. The van der Waals surface area contributed by atoms with E-state index in [0.717, 1.165) is 42.7 Å². The summed E-state index contributed by atoms with van der Waals surface area (Å²) < 4.78 is 13.2. The van der Waals surface area contributed by atoms with Gasteiger partial charge in [0.15, 0.2) is 17.1 Å². The molecule has 0 spiro atoms. The van der Waals surface area contributed by atoms with Gasteiger partial charge in [0.05, 0.1) is 12.3 Å². The molecule has 1 fully saturated rings. The summed E-state index contributed by atoms with van der Waals surface area (Å²) in [5, 5.41) is 5.95. The lowest BCUT2D eigenvalue weighted by Crippen LogP contribution is -2.35. The maximum Gasteiger partial charge on any atom is 0.289 e. The maximum atomic E-state index is 13.1. The third-order valence-corrected chi connectivity index (χ3v) is 6.02. The summed E-state index contributed by atoms with van der Waals surface area (Å²) in [4.78, 5) is 17.3. The number of rotatable bonds is 5. The van der Waals surface area contributed by atoms with E-state index in [0.29, 0.717) is 41.9 Å². The lowest BCUT2D eigenvalue weighted by atomic mass is 10.2. The van der Waals surface area contributed by atoms with Crippen molar-refractivity contribution >= 4 is 28.5 Å². The molecule has 3 aromatic rings. The lowest BCUT2D eigenvalue weighted by Gasteiger charge is -2.21. The second-order valence-corrected chi connectivity index (χ2v) is 7.98. The molecular formula is C22H27ClN4O3. The normalized spacial score (nSPS) is 15.5. The highest BCUT2D eigenvalue weighted by molar-refractivity contribution is 6.30. The van der Waals surface area contributed by atoms with Crippen LogP contribution in [0.4, 0.5) is 0 Å². The zero-order valence-electron chi connectivity index (χ0n) is 17.7. The van der Waals surface area contributed by atoms with Crippen LogP contribution in [0.5, 0.6) is 5.75 Å². The molecule has 0 unspecified atom stereocenters. The molecule has 0 atom stereocenters. The summed E-state index contributed by atoms with van der Waals surface area (Å²) in [5.74, 6) is 0.947. The summed E-state index contributed by atoms with van der Waals surface area (Å²) in [7, 11) is 1.85. The average Bonchev–Trinajstić information content (AvgIpc) is 3.16. The number of benzene rings is 1. The summed E-state index contributed by atoms with van der Waals surface area (Å²) in [5.41, 5.74) is 2.63. The van der Waals surface area contributed by atoms with Gasteiger partial charge < -0.3 is 14.1 Å². The van der Waals surface area contributed by atoms with Crippen molar-refractivity contribution < 1.29 is 13.9 Å². The predicted molar refractivity (Wildman–Crippen MR) is 116 cm³/mol. The minimum atomic E-state index is -0.0777. The Balaban J connectivity index is 1.46. The van der Waals surface area contributed by atoms with Crippen LogP contribution in [0.1, 0.15) is 35.2 Å². The number of carbonyl (C=O) groups excluding carboxylic acids is 1. The number of carbonyl (C=O) groups is 1. The van der Waals surface area contributed by atoms with E-state index in [9.17, 15) is 4.79 Å². The van der Waals surface area contributed by atoms with Gasteiger partial charge in [0.1, 0.15) is 5.15 Å². The maximum absolute atomic E-state index is 13.1. The topological polar surface area (TPSA) is 63.7 Å². The van der Waals surface area contributed by atoms with Crippen LogP contribution in [-0.4, -0.2) is 58.3 Å². The third-order valence-electron chi connectivity index (χ3n) is 5.55. The zero-order valence-corrected chi connectivity index (χ0v) is 18.4. The molecule has 1 aliphatic heterocycles. The molecule has 2 aromatic heterocycles. The fraction of sp³-hybridized carbons (Fsp3) is 0.455. The van der Waals surface area contributed by atoms with E-state index in [-0.39, 0.29) is 5.91 Å². The monoisotopic (exact) mass is 430 g/mol. The van der Waals surface area contributed by atoms with E-state index in [1.807, 2.05) is 50.1 Å². The van der Waals surface area contributed by atoms with Gasteiger partial charge in [-0.15, -0.1) is 0 Å². The number of hydrogen-bond donors (Lipinski definition) is 0. The molecule has 30 heavy (non-hydrogen) atoms. The van der Waals surface area contributed by atoms with Crippen LogP contribution < -0.4 is 4.74 Å². The first-order valence-corrected chi connectivity index (χ1v) is 10.7. The van der Waals surface area contributed by atoms with Gasteiger partial charge >= 0.3 is 0 Å². The number of ether oxygens (including phenoxy) is 1. The molecule has 160 valence electrons. The van der Waals surface area contributed by atoms with Gasteiger partial charge in [-0.1, -0.05) is 23.7 Å². The first-order chi connectivity index (χ1) is 14.5. The van der Waals surface area contributed by atoms with Crippen molar-refractivity contribution in [2.75, 3.05) is 32.8 Å². The molecule has 0 saturated carbocycles. The molecule has 0 N–H and O–H groups in total. The predicted octanol–water partition coefficient (Wildman–Crippen LogP) is 3.87. The fourth-order valence-electron chi connectivity index (χ4n) is 3.98. The molecule has 7 nitrogen and oxygen atoms in total. The quantitative estimate of drug-likeness (QED) is 0.614. The second kappa shape index (κ2) is 8.70. The highest BCUT2D eigenvalue weighted by Gasteiger charge is 2.25. The van der Waals surface area contributed by atoms with Crippen LogP contribution >= 0.6 is 11.6 Å². The molecule has 3 heterocycles. The molecule has 1 saturated heterocycles. The number of aryl methyl sites for hydroxylation is 2. The van der Waals surface area contributed by atoms with Gasteiger partial charge in [-0.2, -0.15) is 5.10 Å². The standard InChI is InChI=1S/C22H27ClN4O3/c1-4-29-18-8-5-7-16-13-19(30-20(16)18)22(28)27-10-6-9-26(11-12-27)14-17-15(2)24-25(3)21(17)23/h5,7-8,13H,4,6,9-12,14H2,1-3H3. The fourth-order valence-corrected chi connectivity index (χ4v) is 4.21. The van der Waals surface area contributed by atoms with Crippen LogP contribution in [-0.2, 0) is 13.6 Å². The highest BCUT2D eigenvalue weighted by Crippen LogP contribution is 2.29. The third kappa shape index (κ3) is 4.04. The Kier molecular flexibility index (Phi) is 6.01. The van der Waals surface area contributed by atoms with Crippen LogP contribution in [0.15, 0.2) is 28.7 Å². The molecule has 1 aromatic carbocycles. The molecule has 4 rings (SSSR count). The highest BCUT2D eigenvalue weighted by atomic mass is 35.5. The van der Waals surface area contributed by atoms with Crippen LogP contribution in [0, 0.1) is 6.92 Å². The van der Waals surface area contributed by atoms with Gasteiger partial charge in [0.25, 0.3) is 5.91 Å². The molecule has 8 heteroatoms. The molecule has 0 bridgehead atoms. The van der Waals surface area contributed by atoms with E-state index in [4.69, 9.17) is 20.8 Å². The van der Waals surface area contributed by atoms with Crippen LogP contribution in [0.2, 0.25) is 5.15 Å². The second-order valence-electron chi connectivity index (χ2n) is 7.62. The number of halogens is 1. The van der Waals surface area contributed by atoms with Crippen molar-refractivity contribution in [2.45, 2.75) is 26.8 Å². The van der Waals surface area contributed by atoms with Crippen molar-refractivity contribution in [3.63, 3.8) is 0 Å². The molecule has 1 amide bonds. The van der Waals surface area contributed by atoms with Crippen LogP contribution in [0.25, 0.3) is 11.0 Å². The molecule has 0 radical (unpaired) electrons. The Morgan fingerprint density at radius 2 is 2.10 bits per heavy atom. The lowest BCUT2D eigenvalue weighted by molar-refractivity contribution is 0.0731. The first-order valence-electron chi connectivity index (χ1n) is 10.3. The Bertz CT molecular complexity index is 1060. The zero-order chi connectivity index (χ0) is 21.3. The van der Waals surface area contributed by atoms with Crippen molar-refractivity contribution in [3.05, 3.63) is 46.4 Å². The Morgan fingerprint density at radius 1 is 1.27 bits per heavy atom.